The van der Waals surface area contributed by atoms with Crippen molar-refractivity contribution in [1.29, 1.82) is 0 Å². The van der Waals surface area contributed by atoms with Crippen molar-refractivity contribution in [2.45, 2.75) is 44.1 Å². The molecule has 4 aromatic rings. The van der Waals surface area contributed by atoms with Crippen molar-refractivity contribution in [3.05, 3.63) is 71.3 Å². The SMILES string of the molecule is Cn1cc(CN2CCN(C(=O)c3cc(C4CC4)nc4c3c(C3CC3)nn4-c3ccccc3)CC2)cn1. The fraction of sp³-hybridized carbons (Fsp3) is 0.429. The number of carbonyl (C=O) groups is 1. The van der Waals surface area contributed by atoms with Crippen LogP contribution in [0.2, 0.25) is 0 Å². The third-order valence-electron chi connectivity index (χ3n) is 7.70. The smallest absolute Gasteiger partial charge is 0.254 e. The van der Waals surface area contributed by atoms with Crippen LogP contribution in [-0.2, 0) is 13.6 Å². The first-order valence-corrected chi connectivity index (χ1v) is 13.1. The second kappa shape index (κ2) is 8.55. The van der Waals surface area contributed by atoms with Crippen molar-refractivity contribution in [2.75, 3.05) is 26.2 Å². The summed E-state index contributed by atoms with van der Waals surface area (Å²) >= 11 is 0. The number of fused-ring (bicyclic) bond motifs is 1. The quantitative estimate of drug-likeness (QED) is 0.418. The first-order chi connectivity index (χ1) is 17.6. The molecule has 7 rings (SSSR count). The molecule has 0 bridgehead atoms. The average molecular weight is 482 g/mol. The van der Waals surface area contributed by atoms with Crippen molar-refractivity contribution in [1.82, 2.24) is 34.3 Å². The molecule has 184 valence electrons. The minimum absolute atomic E-state index is 0.125. The summed E-state index contributed by atoms with van der Waals surface area (Å²) in [6.07, 6.45) is 8.54. The highest BCUT2D eigenvalue weighted by molar-refractivity contribution is 6.07. The van der Waals surface area contributed by atoms with Gasteiger partial charge in [-0.3, -0.25) is 14.4 Å². The fourth-order valence-corrected chi connectivity index (χ4v) is 5.40. The average Bonchev–Trinajstić information content (AvgIpc) is 3.85. The van der Waals surface area contributed by atoms with Gasteiger partial charge in [-0.2, -0.15) is 10.2 Å². The van der Waals surface area contributed by atoms with Crippen molar-refractivity contribution >= 4 is 16.9 Å². The van der Waals surface area contributed by atoms with Crippen LogP contribution in [-0.4, -0.2) is 66.4 Å². The van der Waals surface area contributed by atoms with Gasteiger partial charge < -0.3 is 4.90 Å². The Labute approximate surface area is 210 Å². The van der Waals surface area contributed by atoms with E-state index in [0.29, 0.717) is 11.8 Å². The molecular weight excluding hydrogens is 450 g/mol. The molecule has 3 aliphatic rings. The summed E-state index contributed by atoms with van der Waals surface area (Å²) in [5, 5.41) is 10.3. The lowest BCUT2D eigenvalue weighted by atomic mass is 10.0. The van der Waals surface area contributed by atoms with Gasteiger partial charge in [0.25, 0.3) is 5.91 Å². The van der Waals surface area contributed by atoms with Gasteiger partial charge in [0.15, 0.2) is 5.65 Å². The van der Waals surface area contributed by atoms with E-state index in [0.717, 1.165) is 92.1 Å². The Hall–Kier alpha value is -3.52. The fourth-order valence-electron chi connectivity index (χ4n) is 5.40. The first kappa shape index (κ1) is 21.7. The maximum absolute atomic E-state index is 14.0. The summed E-state index contributed by atoms with van der Waals surface area (Å²) in [4.78, 5) is 23.6. The molecule has 1 amide bonds. The largest absolute Gasteiger partial charge is 0.336 e. The number of hydrogen-bond donors (Lipinski definition) is 0. The van der Waals surface area contributed by atoms with Crippen LogP contribution < -0.4 is 0 Å². The molecule has 8 heteroatoms. The summed E-state index contributed by atoms with van der Waals surface area (Å²) < 4.78 is 3.81. The van der Waals surface area contributed by atoms with E-state index < -0.39 is 0 Å². The van der Waals surface area contributed by atoms with E-state index in [1.54, 1.807) is 0 Å². The van der Waals surface area contributed by atoms with Crippen LogP contribution in [0.4, 0.5) is 0 Å². The second-order valence-electron chi connectivity index (χ2n) is 10.6. The van der Waals surface area contributed by atoms with Crippen molar-refractivity contribution in [2.24, 2.45) is 7.05 Å². The Bertz CT molecular complexity index is 1420. The summed E-state index contributed by atoms with van der Waals surface area (Å²) in [5.41, 5.74) is 5.93. The standard InChI is InChI=1S/C28H31N7O/c1-32-17-19(16-29-32)18-33-11-13-34(14-12-33)28(36)23-15-24(20-7-8-20)30-27-25(23)26(21-9-10-21)31-35(27)22-5-3-2-4-6-22/h2-6,15-17,20-21H,7-14,18H2,1H3. The lowest BCUT2D eigenvalue weighted by molar-refractivity contribution is 0.0630. The van der Waals surface area contributed by atoms with Gasteiger partial charge in [0, 0.05) is 69.1 Å². The van der Waals surface area contributed by atoms with Gasteiger partial charge in [-0.15, -0.1) is 0 Å². The maximum atomic E-state index is 14.0. The van der Waals surface area contributed by atoms with Gasteiger partial charge in [-0.25, -0.2) is 9.67 Å². The van der Waals surface area contributed by atoms with Crippen LogP contribution >= 0.6 is 0 Å². The number of pyridine rings is 1. The number of carbonyl (C=O) groups excluding carboxylic acids is 1. The molecule has 2 saturated carbocycles. The molecule has 2 aliphatic carbocycles. The van der Waals surface area contributed by atoms with Gasteiger partial charge in [0.1, 0.15) is 0 Å². The molecule has 1 aromatic carbocycles. The van der Waals surface area contributed by atoms with Crippen molar-refractivity contribution < 1.29 is 4.79 Å². The van der Waals surface area contributed by atoms with E-state index in [1.165, 1.54) is 5.56 Å². The lowest BCUT2D eigenvalue weighted by Gasteiger charge is -2.34. The molecule has 3 fully saturated rings. The maximum Gasteiger partial charge on any atom is 0.254 e. The molecule has 8 nitrogen and oxygen atoms in total. The molecule has 36 heavy (non-hydrogen) atoms. The molecule has 0 spiro atoms. The van der Waals surface area contributed by atoms with Gasteiger partial charge in [-0.05, 0) is 43.9 Å². The lowest BCUT2D eigenvalue weighted by Crippen LogP contribution is -2.48. The summed E-state index contributed by atoms with van der Waals surface area (Å²) in [5.74, 6) is 1.01. The number of piperazine rings is 1. The first-order valence-electron chi connectivity index (χ1n) is 13.1. The highest BCUT2D eigenvalue weighted by atomic mass is 16.2. The summed E-state index contributed by atoms with van der Waals surface area (Å²) in [6.45, 7) is 4.06. The Morgan fingerprint density at radius 3 is 2.42 bits per heavy atom. The normalized spacial score (nSPS) is 18.8. The van der Waals surface area contributed by atoms with Gasteiger partial charge in [-0.1, -0.05) is 18.2 Å². The third kappa shape index (κ3) is 3.99. The van der Waals surface area contributed by atoms with Crippen LogP contribution in [0.1, 0.15) is 64.8 Å². The minimum Gasteiger partial charge on any atom is -0.336 e. The van der Waals surface area contributed by atoms with Crippen molar-refractivity contribution in [3.8, 4) is 5.69 Å². The van der Waals surface area contributed by atoms with E-state index in [4.69, 9.17) is 10.1 Å². The molecule has 0 radical (unpaired) electrons. The minimum atomic E-state index is 0.125. The molecule has 1 aliphatic heterocycles. The number of nitrogens with zero attached hydrogens (tertiary/aromatic N) is 7. The van der Waals surface area contributed by atoms with Gasteiger partial charge >= 0.3 is 0 Å². The Balaban J connectivity index is 1.23. The zero-order chi connectivity index (χ0) is 24.2. The zero-order valence-electron chi connectivity index (χ0n) is 20.7. The number of hydrogen-bond acceptors (Lipinski definition) is 5. The van der Waals surface area contributed by atoms with Crippen LogP contribution in [0.3, 0.4) is 0 Å². The van der Waals surface area contributed by atoms with Gasteiger partial charge in [0.05, 0.1) is 28.5 Å². The third-order valence-corrected chi connectivity index (χ3v) is 7.70. The topological polar surface area (TPSA) is 72.1 Å². The monoisotopic (exact) mass is 481 g/mol. The number of aromatic nitrogens is 5. The summed E-state index contributed by atoms with van der Waals surface area (Å²) in [6, 6.07) is 12.3. The predicted octanol–water partition coefficient (Wildman–Crippen LogP) is 3.87. The van der Waals surface area contributed by atoms with Crippen LogP contribution in [0.5, 0.6) is 0 Å². The highest BCUT2D eigenvalue weighted by Crippen LogP contribution is 2.46. The molecule has 0 N–H and O–H groups in total. The predicted molar refractivity (Wildman–Crippen MR) is 137 cm³/mol. The molecular formula is C28H31N7O. The number of benzene rings is 1. The number of amides is 1. The van der Waals surface area contributed by atoms with Crippen LogP contribution in [0, 0.1) is 0 Å². The van der Waals surface area contributed by atoms with E-state index in [9.17, 15) is 4.79 Å². The zero-order valence-corrected chi connectivity index (χ0v) is 20.7. The summed E-state index contributed by atoms with van der Waals surface area (Å²) in [7, 11) is 1.95. The second-order valence-corrected chi connectivity index (χ2v) is 10.6. The highest BCUT2D eigenvalue weighted by Gasteiger charge is 2.35. The van der Waals surface area contributed by atoms with E-state index in [2.05, 4.69) is 34.4 Å². The molecule has 0 atom stereocenters. The molecule has 0 unspecified atom stereocenters. The Morgan fingerprint density at radius 1 is 1.00 bits per heavy atom. The van der Waals surface area contributed by atoms with E-state index >= 15 is 0 Å². The van der Waals surface area contributed by atoms with Crippen LogP contribution in [0.15, 0.2) is 48.8 Å². The Morgan fingerprint density at radius 2 is 1.75 bits per heavy atom. The Kier molecular flexibility index (Phi) is 5.16. The molecule has 3 aromatic heterocycles. The van der Waals surface area contributed by atoms with Gasteiger partial charge in [0.2, 0.25) is 0 Å². The van der Waals surface area contributed by atoms with Crippen LogP contribution in [0.25, 0.3) is 16.7 Å². The number of rotatable bonds is 6. The molecule has 4 heterocycles. The van der Waals surface area contributed by atoms with E-state index in [-0.39, 0.29) is 5.91 Å². The van der Waals surface area contributed by atoms with Crippen molar-refractivity contribution in [3.63, 3.8) is 0 Å². The molecule has 1 saturated heterocycles. The number of aryl methyl sites for hydroxylation is 1. The number of para-hydroxylation sites is 1. The van der Waals surface area contributed by atoms with E-state index in [1.807, 2.05) is 45.7 Å².